The summed E-state index contributed by atoms with van der Waals surface area (Å²) in [4.78, 5) is 0. The molecule has 0 aliphatic heterocycles. The van der Waals surface area contributed by atoms with Crippen molar-refractivity contribution in [2.24, 2.45) is 11.7 Å². The number of nitrogens with two attached hydrogens (primary N) is 1. The van der Waals surface area contributed by atoms with Crippen molar-refractivity contribution in [1.82, 2.24) is 0 Å². The number of benzene rings is 1. The van der Waals surface area contributed by atoms with Crippen molar-refractivity contribution in [2.75, 3.05) is 6.54 Å². The molecule has 0 bridgehead atoms. The molecule has 1 fully saturated rings. The van der Waals surface area contributed by atoms with Gasteiger partial charge in [0.15, 0.2) is 0 Å². The summed E-state index contributed by atoms with van der Waals surface area (Å²) in [6.07, 6.45) is 5.13. The highest BCUT2D eigenvalue weighted by molar-refractivity contribution is 8.00. The minimum absolute atomic E-state index is 0.0986. The molecule has 3 heteroatoms. The Morgan fingerprint density at radius 2 is 2.17 bits per heavy atom. The predicted molar refractivity (Wildman–Crippen MR) is 77.2 cm³/mol. The molecule has 2 N–H and O–H groups in total. The largest absolute Gasteiger partial charge is 0.329 e. The molecule has 0 heterocycles. The van der Waals surface area contributed by atoms with Crippen molar-refractivity contribution in [3.8, 4) is 0 Å². The third-order valence-corrected chi connectivity index (χ3v) is 5.30. The topological polar surface area (TPSA) is 26.0 Å². The van der Waals surface area contributed by atoms with Crippen LogP contribution in [0.25, 0.3) is 0 Å². The number of rotatable bonds is 4. The van der Waals surface area contributed by atoms with Crippen LogP contribution in [0.4, 0.5) is 4.39 Å². The SMILES string of the molecule is CC1CCCC(SC(CN)c2ccccc2F)C1. The summed E-state index contributed by atoms with van der Waals surface area (Å²) in [7, 11) is 0. The monoisotopic (exact) mass is 267 g/mol. The van der Waals surface area contributed by atoms with E-state index in [1.807, 2.05) is 23.9 Å². The molecule has 1 saturated carbocycles. The highest BCUT2D eigenvalue weighted by Gasteiger charge is 2.24. The fourth-order valence-corrected chi connectivity index (χ4v) is 4.38. The fraction of sp³-hybridized carbons (Fsp3) is 0.600. The van der Waals surface area contributed by atoms with Gasteiger partial charge in [0.2, 0.25) is 0 Å². The van der Waals surface area contributed by atoms with E-state index in [4.69, 9.17) is 5.73 Å². The van der Waals surface area contributed by atoms with Crippen molar-refractivity contribution in [1.29, 1.82) is 0 Å². The first kappa shape index (κ1) is 13.9. The number of halogens is 1. The van der Waals surface area contributed by atoms with Gasteiger partial charge in [0.05, 0.1) is 0 Å². The lowest BCUT2D eigenvalue weighted by atomic mass is 9.91. The van der Waals surface area contributed by atoms with Crippen LogP contribution >= 0.6 is 11.8 Å². The zero-order valence-corrected chi connectivity index (χ0v) is 11.8. The lowest BCUT2D eigenvalue weighted by Crippen LogP contribution is -2.20. The Morgan fingerprint density at radius 3 is 2.83 bits per heavy atom. The van der Waals surface area contributed by atoms with E-state index in [-0.39, 0.29) is 11.1 Å². The van der Waals surface area contributed by atoms with Gasteiger partial charge >= 0.3 is 0 Å². The molecule has 100 valence electrons. The molecule has 1 nitrogen and oxygen atoms in total. The molecule has 0 spiro atoms. The van der Waals surface area contributed by atoms with Crippen molar-refractivity contribution < 1.29 is 4.39 Å². The normalized spacial score (nSPS) is 25.9. The maximum atomic E-state index is 13.8. The first-order valence-electron chi connectivity index (χ1n) is 6.80. The Morgan fingerprint density at radius 1 is 1.39 bits per heavy atom. The third-order valence-electron chi connectivity index (χ3n) is 3.71. The molecule has 3 unspecified atom stereocenters. The average molecular weight is 267 g/mol. The van der Waals surface area contributed by atoms with Crippen molar-refractivity contribution in [3.05, 3.63) is 35.6 Å². The van der Waals surface area contributed by atoms with E-state index < -0.39 is 0 Å². The van der Waals surface area contributed by atoms with Crippen LogP contribution in [0, 0.1) is 11.7 Å². The van der Waals surface area contributed by atoms with E-state index in [0.29, 0.717) is 11.8 Å². The highest BCUT2D eigenvalue weighted by Crippen LogP contribution is 2.40. The van der Waals surface area contributed by atoms with Gasteiger partial charge in [-0.25, -0.2) is 4.39 Å². The number of hydrogen-bond donors (Lipinski definition) is 1. The van der Waals surface area contributed by atoms with Crippen molar-refractivity contribution in [3.63, 3.8) is 0 Å². The highest BCUT2D eigenvalue weighted by atomic mass is 32.2. The Hall–Kier alpha value is -0.540. The molecule has 0 saturated heterocycles. The third kappa shape index (κ3) is 3.48. The summed E-state index contributed by atoms with van der Waals surface area (Å²) < 4.78 is 13.8. The number of thioether (sulfide) groups is 1. The van der Waals surface area contributed by atoms with E-state index >= 15 is 0 Å². The summed E-state index contributed by atoms with van der Waals surface area (Å²) in [5, 5.41) is 0.739. The number of hydrogen-bond acceptors (Lipinski definition) is 2. The lowest BCUT2D eigenvalue weighted by Gasteiger charge is -2.29. The van der Waals surface area contributed by atoms with E-state index in [1.54, 1.807) is 6.07 Å². The zero-order valence-electron chi connectivity index (χ0n) is 10.9. The predicted octanol–water partition coefficient (Wildman–Crippen LogP) is 4.14. The smallest absolute Gasteiger partial charge is 0.127 e. The van der Waals surface area contributed by atoms with Gasteiger partial charge in [0.1, 0.15) is 5.82 Å². The van der Waals surface area contributed by atoms with Crippen molar-refractivity contribution in [2.45, 2.75) is 43.1 Å². The standard InChI is InChI=1S/C15H22FNS/c1-11-5-4-6-12(9-11)18-15(10-17)13-7-2-3-8-14(13)16/h2-3,7-8,11-12,15H,4-6,9-10,17H2,1H3. The second kappa shape index (κ2) is 6.58. The van der Waals surface area contributed by atoms with Gasteiger partial charge in [-0.1, -0.05) is 38.0 Å². The molecule has 18 heavy (non-hydrogen) atoms. The second-order valence-electron chi connectivity index (χ2n) is 5.28. The summed E-state index contributed by atoms with van der Waals surface area (Å²) in [6.45, 7) is 2.82. The van der Waals surface area contributed by atoms with E-state index in [1.165, 1.54) is 31.7 Å². The Balaban J connectivity index is 2.03. The molecule has 3 atom stereocenters. The second-order valence-corrected chi connectivity index (χ2v) is 6.78. The van der Waals surface area contributed by atoms with E-state index in [9.17, 15) is 4.39 Å². The van der Waals surface area contributed by atoms with Crippen LogP contribution in [-0.4, -0.2) is 11.8 Å². The van der Waals surface area contributed by atoms with Gasteiger partial charge in [-0.2, -0.15) is 0 Å². The van der Waals surface area contributed by atoms with Crippen molar-refractivity contribution >= 4 is 11.8 Å². The quantitative estimate of drug-likeness (QED) is 0.887. The summed E-state index contributed by atoms with van der Waals surface area (Å²) in [5.74, 6) is 0.680. The van der Waals surface area contributed by atoms with Gasteiger partial charge in [0.25, 0.3) is 0 Å². The molecule has 0 radical (unpaired) electrons. The van der Waals surface area contributed by atoms with Crippen LogP contribution < -0.4 is 5.73 Å². The first-order chi connectivity index (χ1) is 8.70. The van der Waals surface area contributed by atoms with Crippen LogP contribution in [-0.2, 0) is 0 Å². The summed E-state index contributed by atoms with van der Waals surface area (Å²) in [6, 6.07) is 7.03. The van der Waals surface area contributed by atoms with Crippen LogP contribution in [0.1, 0.15) is 43.4 Å². The molecular weight excluding hydrogens is 245 g/mol. The first-order valence-corrected chi connectivity index (χ1v) is 7.75. The lowest BCUT2D eigenvalue weighted by molar-refractivity contribution is 0.393. The molecule has 1 aliphatic carbocycles. The average Bonchev–Trinajstić information content (AvgIpc) is 2.37. The zero-order chi connectivity index (χ0) is 13.0. The van der Waals surface area contributed by atoms with Gasteiger partial charge < -0.3 is 5.73 Å². The maximum Gasteiger partial charge on any atom is 0.127 e. The molecule has 1 aromatic rings. The van der Waals surface area contributed by atoms with E-state index in [0.717, 1.165) is 11.5 Å². The molecule has 0 amide bonds. The molecule has 2 rings (SSSR count). The molecular formula is C15H22FNS. The summed E-state index contributed by atoms with van der Waals surface area (Å²) >= 11 is 1.87. The Bertz CT molecular complexity index is 383. The van der Waals surface area contributed by atoms with Crippen LogP contribution in [0.3, 0.4) is 0 Å². The minimum atomic E-state index is -0.121. The molecule has 1 aromatic carbocycles. The van der Waals surface area contributed by atoms with Gasteiger partial charge in [-0.05, 0) is 24.8 Å². The maximum absolute atomic E-state index is 13.8. The van der Waals surface area contributed by atoms with E-state index in [2.05, 4.69) is 6.92 Å². The van der Waals surface area contributed by atoms with Crippen LogP contribution in [0.5, 0.6) is 0 Å². The van der Waals surface area contributed by atoms with Gasteiger partial charge in [-0.15, -0.1) is 11.8 Å². The minimum Gasteiger partial charge on any atom is -0.329 e. The fourth-order valence-electron chi connectivity index (χ4n) is 2.73. The molecule has 0 aromatic heterocycles. The van der Waals surface area contributed by atoms with Gasteiger partial charge in [-0.3, -0.25) is 0 Å². The Labute approximate surface area is 113 Å². The van der Waals surface area contributed by atoms with Gasteiger partial charge in [0, 0.05) is 22.6 Å². The molecule has 1 aliphatic rings. The summed E-state index contributed by atoms with van der Waals surface area (Å²) in [5.41, 5.74) is 6.60. The Kier molecular flexibility index (Phi) is 5.07. The van der Waals surface area contributed by atoms with Crippen LogP contribution in [0.2, 0.25) is 0 Å². The van der Waals surface area contributed by atoms with Crippen LogP contribution in [0.15, 0.2) is 24.3 Å².